The summed E-state index contributed by atoms with van der Waals surface area (Å²) in [6.45, 7) is 0.226. The Labute approximate surface area is 127 Å². The first-order valence-corrected chi connectivity index (χ1v) is 6.52. The van der Waals surface area contributed by atoms with Crippen LogP contribution in [0.5, 0.6) is 0 Å². The van der Waals surface area contributed by atoms with Gasteiger partial charge in [0.15, 0.2) is 10.6 Å². The fourth-order valence-corrected chi connectivity index (χ4v) is 2.24. The van der Waals surface area contributed by atoms with Crippen molar-refractivity contribution in [3.63, 3.8) is 0 Å². The zero-order valence-corrected chi connectivity index (χ0v) is 11.8. The molecule has 0 aliphatic carbocycles. The van der Waals surface area contributed by atoms with E-state index in [4.69, 9.17) is 12.2 Å². The summed E-state index contributed by atoms with van der Waals surface area (Å²) in [5.74, 6) is 0.426. The number of hydrogen-bond donors (Lipinski definition) is 1. The Morgan fingerprint density at radius 1 is 1.27 bits per heavy atom. The van der Waals surface area contributed by atoms with Gasteiger partial charge in [0.25, 0.3) is 0 Å². The van der Waals surface area contributed by atoms with Crippen LogP contribution in [0.1, 0.15) is 11.4 Å². The third kappa shape index (κ3) is 2.77. The molecule has 0 fully saturated rings. The summed E-state index contributed by atoms with van der Waals surface area (Å²) in [5.41, 5.74) is -0.469. The predicted octanol–water partition coefficient (Wildman–Crippen LogP) is 2.59. The minimum absolute atomic E-state index is 0.203. The molecule has 0 spiro atoms. The Balaban J connectivity index is 2.05. The molecule has 6 nitrogen and oxygen atoms in total. The predicted molar refractivity (Wildman–Crippen MR) is 72.9 cm³/mol. The fourth-order valence-electron chi connectivity index (χ4n) is 1.98. The summed E-state index contributed by atoms with van der Waals surface area (Å²) >= 11 is 5.11. The van der Waals surface area contributed by atoms with Crippen LogP contribution in [0, 0.1) is 4.77 Å². The minimum Gasteiger partial charge on any atom is -0.271 e. The van der Waals surface area contributed by atoms with E-state index in [9.17, 15) is 13.2 Å². The molecule has 0 unspecified atom stereocenters. The number of nitrogens with zero attached hydrogens (tertiary/aromatic N) is 5. The lowest BCUT2D eigenvalue weighted by molar-refractivity contribution is -0.137. The van der Waals surface area contributed by atoms with Gasteiger partial charge >= 0.3 is 6.18 Å². The number of rotatable bonds is 3. The Bertz CT molecular complexity index is 833. The molecule has 0 aliphatic rings. The number of aromatic amines is 1. The summed E-state index contributed by atoms with van der Waals surface area (Å²) in [6.07, 6.45) is -1.59. The van der Waals surface area contributed by atoms with E-state index in [1.54, 1.807) is 0 Å². The highest BCUT2D eigenvalue weighted by Crippen LogP contribution is 2.30. The van der Waals surface area contributed by atoms with E-state index in [1.807, 2.05) is 0 Å². The van der Waals surface area contributed by atoms with Gasteiger partial charge in [0.05, 0.1) is 11.3 Å². The van der Waals surface area contributed by atoms with Gasteiger partial charge in [0.2, 0.25) is 0 Å². The van der Waals surface area contributed by atoms with Gasteiger partial charge in [-0.2, -0.15) is 23.4 Å². The van der Waals surface area contributed by atoms with Gasteiger partial charge in [-0.15, -0.1) is 0 Å². The number of aromatic nitrogens is 6. The van der Waals surface area contributed by atoms with Crippen molar-refractivity contribution in [2.45, 2.75) is 12.7 Å². The Hall–Kier alpha value is -2.49. The Morgan fingerprint density at radius 3 is 2.77 bits per heavy atom. The molecule has 0 saturated carbocycles. The number of benzene rings is 1. The first-order valence-electron chi connectivity index (χ1n) is 6.11. The highest BCUT2D eigenvalue weighted by molar-refractivity contribution is 7.71. The highest BCUT2D eigenvalue weighted by Gasteiger charge is 2.30. The van der Waals surface area contributed by atoms with Gasteiger partial charge in [-0.05, 0) is 30.4 Å². The average Bonchev–Trinajstić information content (AvgIpc) is 3.09. The third-order valence-corrected chi connectivity index (χ3v) is 3.22. The lowest BCUT2D eigenvalue weighted by Crippen LogP contribution is -2.10. The number of halogens is 3. The van der Waals surface area contributed by atoms with Crippen molar-refractivity contribution in [3.05, 3.63) is 53.1 Å². The Kier molecular flexibility index (Phi) is 3.53. The second kappa shape index (κ2) is 5.37. The lowest BCUT2D eigenvalue weighted by atomic mass is 10.2. The van der Waals surface area contributed by atoms with E-state index in [-0.39, 0.29) is 17.0 Å². The van der Waals surface area contributed by atoms with Crippen molar-refractivity contribution < 1.29 is 13.2 Å². The van der Waals surface area contributed by atoms with Gasteiger partial charge in [-0.3, -0.25) is 9.67 Å². The molecule has 0 amide bonds. The van der Waals surface area contributed by atoms with Crippen LogP contribution in [-0.2, 0) is 12.7 Å². The van der Waals surface area contributed by atoms with E-state index < -0.39 is 11.7 Å². The van der Waals surface area contributed by atoms with Crippen LogP contribution in [0.15, 0.2) is 36.9 Å². The second-order valence-corrected chi connectivity index (χ2v) is 4.81. The van der Waals surface area contributed by atoms with Crippen molar-refractivity contribution in [2.24, 2.45) is 0 Å². The number of hydrogen-bond acceptors (Lipinski definition) is 4. The fraction of sp³-hybridized carbons (Fsp3) is 0.167. The van der Waals surface area contributed by atoms with Crippen LogP contribution in [0.25, 0.3) is 5.69 Å². The number of alkyl halides is 3. The molecule has 114 valence electrons. The molecule has 0 bridgehead atoms. The summed E-state index contributed by atoms with van der Waals surface area (Å²) in [4.78, 5) is 3.80. The molecule has 1 N–H and O–H groups in total. The maximum absolute atomic E-state index is 12.8. The SMILES string of the molecule is FC(F)(F)c1cccc(-n2c(Cn3cncn3)n[nH]c2=S)c1. The van der Waals surface area contributed by atoms with Crippen molar-refractivity contribution >= 4 is 12.2 Å². The van der Waals surface area contributed by atoms with Crippen LogP contribution in [0.4, 0.5) is 13.2 Å². The highest BCUT2D eigenvalue weighted by atomic mass is 32.1. The number of H-pyrrole nitrogens is 1. The monoisotopic (exact) mass is 326 g/mol. The van der Waals surface area contributed by atoms with E-state index in [2.05, 4.69) is 20.3 Å². The van der Waals surface area contributed by atoms with Crippen molar-refractivity contribution in [2.75, 3.05) is 0 Å². The smallest absolute Gasteiger partial charge is 0.271 e. The van der Waals surface area contributed by atoms with Gasteiger partial charge in [-0.1, -0.05) is 6.07 Å². The third-order valence-electron chi connectivity index (χ3n) is 2.94. The van der Waals surface area contributed by atoms with E-state index in [0.29, 0.717) is 5.82 Å². The van der Waals surface area contributed by atoms with Gasteiger partial charge in [-0.25, -0.2) is 9.67 Å². The molecular weight excluding hydrogens is 317 g/mol. The molecule has 2 heterocycles. The van der Waals surface area contributed by atoms with Gasteiger partial charge in [0.1, 0.15) is 19.2 Å². The van der Waals surface area contributed by atoms with Gasteiger partial charge < -0.3 is 0 Å². The van der Waals surface area contributed by atoms with E-state index >= 15 is 0 Å². The second-order valence-electron chi connectivity index (χ2n) is 4.42. The van der Waals surface area contributed by atoms with Crippen LogP contribution in [0.2, 0.25) is 0 Å². The van der Waals surface area contributed by atoms with E-state index in [1.165, 1.54) is 34.0 Å². The summed E-state index contributed by atoms with van der Waals surface area (Å²) in [6, 6.07) is 4.89. The zero-order valence-electron chi connectivity index (χ0n) is 10.9. The molecule has 10 heteroatoms. The number of nitrogens with one attached hydrogen (secondary N) is 1. The van der Waals surface area contributed by atoms with Crippen LogP contribution in [0.3, 0.4) is 0 Å². The molecule has 3 rings (SSSR count). The van der Waals surface area contributed by atoms with E-state index in [0.717, 1.165) is 12.1 Å². The van der Waals surface area contributed by atoms with Crippen molar-refractivity contribution in [3.8, 4) is 5.69 Å². The van der Waals surface area contributed by atoms with Crippen LogP contribution in [-0.4, -0.2) is 29.5 Å². The summed E-state index contributed by atoms with van der Waals surface area (Å²) in [5, 5.41) is 10.6. The molecule has 0 saturated heterocycles. The molecule has 0 aliphatic heterocycles. The standard InChI is InChI=1S/C12H9F3N6S/c13-12(14,15)8-2-1-3-9(4-8)21-10(18-19-11(21)22)5-20-7-16-6-17-20/h1-4,6-7H,5H2,(H,19,22). The molecule has 0 atom stereocenters. The maximum atomic E-state index is 12.8. The first-order chi connectivity index (χ1) is 10.4. The summed E-state index contributed by atoms with van der Waals surface area (Å²) < 4.78 is 41.6. The summed E-state index contributed by atoms with van der Waals surface area (Å²) in [7, 11) is 0. The quantitative estimate of drug-likeness (QED) is 0.752. The molecule has 0 radical (unpaired) electrons. The van der Waals surface area contributed by atoms with Gasteiger partial charge in [0, 0.05) is 0 Å². The van der Waals surface area contributed by atoms with Crippen molar-refractivity contribution in [1.29, 1.82) is 0 Å². The molecule has 3 aromatic rings. The maximum Gasteiger partial charge on any atom is 0.416 e. The zero-order chi connectivity index (χ0) is 15.7. The lowest BCUT2D eigenvalue weighted by Gasteiger charge is -2.10. The molecule has 22 heavy (non-hydrogen) atoms. The minimum atomic E-state index is -4.42. The molecule has 1 aromatic carbocycles. The Morgan fingerprint density at radius 2 is 2.09 bits per heavy atom. The normalized spacial score (nSPS) is 11.8. The molecule has 2 aromatic heterocycles. The first kappa shape index (κ1) is 14.4. The van der Waals surface area contributed by atoms with Crippen LogP contribution >= 0.6 is 12.2 Å². The topological polar surface area (TPSA) is 64.3 Å². The average molecular weight is 326 g/mol. The van der Waals surface area contributed by atoms with Crippen molar-refractivity contribution in [1.82, 2.24) is 29.5 Å². The largest absolute Gasteiger partial charge is 0.416 e. The molecular formula is C12H9F3N6S. The van der Waals surface area contributed by atoms with Crippen LogP contribution < -0.4 is 0 Å².